The third kappa shape index (κ3) is 7.27. The Kier molecular flexibility index (Phi) is 6.40. The van der Waals surface area contributed by atoms with Gasteiger partial charge < -0.3 is 10.4 Å². The van der Waals surface area contributed by atoms with Crippen LogP contribution in [0.3, 0.4) is 0 Å². The quantitative estimate of drug-likeness (QED) is 0.787. The van der Waals surface area contributed by atoms with Crippen molar-refractivity contribution in [1.29, 1.82) is 0 Å². The Morgan fingerprint density at radius 3 is 2.33 bits per heavy atom. The molecule has 0 aliphatic carbocycles. The Labute approximate surface area is 134 Å². The summed E-state index contributed by atoms with van der Waals surface area (Å²) in [4.78, 5) is 22.7. The summed E-state index contributed by atoms with van der Waals surface area (Å²) in [6.07, 6.45) is 0.948. The molecular formula is C16H22BrNO3. The summed E-state index contributed by atoms with van der Waals surface area (Å²) < 4.78 is 1.03. The van der Waals surface area contributed by atoms with E-state index in [4.69, 9.17) is 5.11 Å². The Morgan fingerprint density at radius 2 is 1.81 bits per heavy atom. The zero-order chi connectivity index (χ0) is 16.0. The van der Waals surface area contributed by atoms with Crippen molar-refractivity contribution < 1.29 is 14.7 Å². The fraction of sp³-hybridized carbons (Fsp3) is 0.500. The van der Waals surface area contributed by atoms with Gasteiger partial charge in [0.15, 0.2) is 0 Å². The normalized spacial score (nSPS) is 12.8. The molecule has 1 unspecified atom stereocenters. The van der Waals surface area contributed by atoms with Crippen LogP contribution >= 0.6 is 15.9 Å². The Morgan fingerprint density at radius 1 is 1.24 bits per heavy atom. The van der Waals surface area contributed by atoms with Crippen LogP contribution in [0.2, 0.25) is 0 Å². The van der Waals surface area contributed by atoms with E-state index in [2.05, 4.69) is 21.2 Å². The molecule has 0 fully saturated rings. The first kappa shape index (κ1) is 17.7. The Balaban J connectivity index is 2.46. The van der Waals surface area contributed by atoms with E-state index in [1.807, 2.05) is 31.2 Å². The molecule has 0 saturated heterocycles. The number of benzene rings is 1. The van der Waals surface area contributed by atoms with Crippen LogP contribution in [-0.2, 0) is 16.0 Å². The minimum atomic E-state index is -0.879. The van der Waals surface area contributed by atoms with Crippen molar-refractivity contribution in [2.45, 2.75) is 46.1 Å². The topological polar surface area (TPSA) is 66.4 Å². The summed E-state index contributed by atoms with van der Waals surface area (Å²) >= 11 is 3.39. The minimum absolute atomic E-state index is 0.0124. The number of carboxylic acids is 1. The monoisotopic (exact) mass is 355 g/mol. The Hall–Kier alpha value is -1.36. The van der Waals surface area contributed by atoms with E-state index in [0.29, 0.717) is 0 Å². The van der Waals surface area contributed by atoms with Crippen LogP contribution < -0.4 is 5.32 Å². The SMILES string of the molecule is CC(Cc1ccc(Br)cc1)NC(=O)CC(C)(C)CC(=O)O. The predicted octanol–water partition coefficient (Wildman–Crippen LogP) is 3.39. The van der Waals surface area contributed by atoms with E-state index in [1.54, 1.807) is 13.8 Å². The highest BCUT2D eigenvalue weighted by Crippen LogP contribution is 2.24. The molecule has 0 aliphatic heterocycles. The molecule has 1 aromatic carbocycles. The summed E-state index contributed by atoms with van der Waals surface area (Å²) in [5.74, 6) is -0.985. The second kappa shape index (κ2) is 7.59. The van der Waals surface area contributed by atoms with Gasteiger partial charge in [-0.2, -0.15) is 0 Å². The van der Waals surface area contributed by atoms with Crippen molar-refractivity contribution in [3.63, 3.8) is 0 Å². The van der Waals surface area contributed by atoms with Gasteiger partial charge in [0.1, 0.15) is 0 Å². The van der Waals surface area contributed by atoms with E-state index in [1.165, 1.54) is 0 Å². The van der Waals surface area contributed by atoms with Crippen molar-refractivity contribution in [3.8, 4) is 0 Å². The van der Waals surface area contributed by atoms with Gasteiger partial charge in [0.2, 0.25) is 5.91 Å². The molecule has 1 amide bonds. The largest absolute Gasteiger partial charge is 0.481 e. The van der Waals surface area contributed by atoms with Crippen LogP contribution in [0.1, 0.15) is 39.2 Å². The van der Waals surface area contributed by atoms with Crippen LogP contribution in [0.5, 0.6) is 0 Å². The lowest BCUT2D eigenvalue weighted by atomic mass is 9.85. The molecule has 0 aliphatic rings. The number of carbonyl (C=O) groups excluding carboxylic acids is 1. The zero-order valence-electron chi connectivity index (χ0n) is 12.6. The molecule has 0 saturated carbocycles. The molecule has 1 aromatic rings. The molecule has 0 heterocycles. The van der Waals surface area contributed by atoms with Gasteiger partial charge in [0.05, 0.1) is 6.42 Å². The summed E-state index contributed by atoms with van der Waals surface area (Å²) in [6.45, 7) is 5.53. The predicted molar refractivity (Wildman–Crippen MR) is 86.1 cm³/mol. The van der Waals surface area contributed by atoms with E-state index in [9.17, 15) is 9.59 Å². The number of carboxylic acid groups (broad SMARTS) is 1. The molecular weight excluding hydrogens is 334 g/mol. The summed E-state index contributed by atoms with van der Waals surface area (Å²) in [6, 6.07) is 7.99. The molecule has 21 heavy (non-hydrogen) atoms. The van der Waals surface area contributed by atoms with Gasteiger partial charge in [0.25, 0.3) is 0 Å². The average Bonchev–Trinajstić information content (AvgIpc) is 2.28. The number of aliphatic carboxylic acids is 1. The van der Waals surface area contributed by atoms with Gasteiger partial charge in [0, 0.05) is 16.9 Å². The van der Waals surface area contributed by atoms with Gasteiger partial charge in [-0.3, -0.25) is 9.59 Å². The van der Waals surface area contributed by atoms with Gasteiger partial charge in [-0.1, -0.05) is 41.9 Å². The van der Waals surface area contributed by atoms with Gasteiger partial charge in [-0.25, -0.2) is 0 Å². The number of carbonyl (C=O) groups is 2. The molecule has 0 radical (unpaired) electrons. The number of nitrogens with one attached hydrogen (secondary N) is 1. The molecule has 2 N–H and O–H groups in total. The standard InChI is InChI=1S/C16H22BrNO3/c1-11(8-12-4-6-13(17)7-5-12)18-14(19)9-16(2,3)10-15(20)21/h4-7,11H,8-10H2,1-3H3,(H,18,19)(H,20,21). The number of amides is 1. The second-order valence-electron chi connectivity index (χ2n) is 6.21. The lowest BCUT2D eigenvalue weighted by molar-refractivity contribution is -0.139. The maximum absolute atomic E-state index is 12.0. The van der Waals surface area contributed by atoms with E-state index in [0.717, 1.165) is 16.5 Å². The smallest absolute Gasteiger partial charge is 0.303 e. The van der Waals surface area contributed by atoms with E-state index in [-0.39, 0.29) is 24.8 Å². The highest BCUT2D eigenvalue weighted by molar-refractivity contribution is 9.10. The summed E-state index contributed by atoms with van der Waals surface area (Å²) in [7, 11) is 0. The van der Waals surface area contributed by atoms with Crippen LogP contribution in [0.15, 0.2) is 28.7 Å². The fourth-order valence-electron chi connectivity index (χ4n) is 2.26. The van der Waals surface area contributed by atoms with Crippen molar-refractivity contribution in [1.82, 2.24) is 5.32 Å². The lowest BCUT2D eigenvalue weighted by Crippen LogP contribution is -2.37. The second-order valence-corrected chi connectivity index (χ2v) is 7.13. The molecule has 0 aromatic heterocycles. The maximum atomic E-state index is 12.0. The van der Waals surface area contributed by atoms with E-state index < -0.39 is 11.4 Å². The first-order valence-electron chi connectivity index (χ1n) is 6.93. The third-order valence-electron chi connectivity index (χ3n) is 3.13. The first-order valence-corrected chi connectivity index (χ1v) is 7.73. The number of rotatable bonds is 7. The van der Waals surface area contributed by atoms with Crippen molar-refractivity contribution >= 4 is 27.8 Å². The van der Waals surface area contributed by atoms with Crippen LogP contribution in [-0.4, -0.2) is 23.0 Å². The van der Waals surface area contributed by atoms with Gasteiger partial charge in [-0.15, -0.1) is 0 Å². The molecule has 116 valence electrons. The van der Waals surface area contributed by atoms with Crippen LogP contribution in [0, 0.1) is 5.41 Å². The third-order valence-corrected chi connectivity index (χ3v) is 3.66. The number of halogens is 1. The van der Waals surface area contributed by atoms with Crippen molar-refractivity contribution in [2.75, 3.05) is 0 Å². The zero-order valence-corrected chi connectivity index (χ0v) is 14.2. The van der Waals surface area contributed by atoms with Crippen LogP contribution in [0.25, 0.3) is 0 Å². The molecule has 0 bridgehead atoms. The molecule has 4 nitrogen and oxygen atoms in total. The number of hydrogen-bond acceptors (Lipinski definition) is 2. The first-order chi connectivity index (χ1) is 9.68. The lowest BCUT2D eigenvalue weighted by Gasteiger charge is -2.23. The molecule has 5 heteroatoms. The van der Waals surface area contributed by atoms with Gasteiger partial charge >= 0.3 is 5.97 Å². The minimum Gasteiger partial charge on any atom is -0.481 e. The highest BCUT2D eigenvalue weighted by atomic mass is 79.9. The molecule has 1 atom stereocenters. The summed E-state index contributed by atoms with van der Waals surface area (Å²) in [5.41, 5.74) is 0.614. The molecule has 0 spiro atoms. The van der Waals surface area contributed by atoms with Crippen molar-refractivity contribution in [2.24, 2.45) is 5.41 Å². The number of hydrogen-bond donors (Lipinski definition) is 2. The van der Waals surface area contributed by atoms with Crippen LogP contribution in [0.4, 0.5) is 0 Å². The highest BCUT2D eigenvalue weighted by Gasteiger charge is 2.25. The Bertz CT molecular complexity index is 497. The molecule has 1 rings (SSSR count). The summed E-state index contributed by atoms with van der Waals surface area (Å²) in [5, 5.41) is 11.8. The maximum Gasteiger partial charge on any atom is 0.303 e. The average molecular weight is 356 g/mol. The van der Waals surface area contributed by atoms with Crippen molar-refractivity contribution in [3.05, 3.63) is 34.3 Å². The van der Waals surface area contributed by atoms with Gasteiger partial charge in [-0.05, 0) is 36.5 Å². The van der Waals surface area contributed by atoms with E-state index >= 15 is 0 Å². The fourth-order valence-corrected chi connectivity index (χ4v) is 2.52.